The molecule has 0 radical (unpaired) electrons. The molecule has 1 rings (SSSR count). The number of amides is 2. The van der Waals surface area contributed by atoms with Crippen molar-refractivity contribution < 1.29 is 9.59 Å². The van der Waals surface area contributed by atoms with Gasteiger partial charge in [0.2, 0.25) is 11.8 Å². The number of carbonyl (C=O) groups excluding carboxylic acids is 2. The van der Waals surface area contributed by atoms with E-state index >= 15 is 0 Å². The van der Waals surface area contributed by atoms with Gasteiger partial charge >= 0.3 is 0 Å². The number of hydrogen-bond donors (Lipinski definition) is 1. The van der Waals surface area contributed by atoms with Crippen LogP contribution in [0.15, 0.2) is 12.7 Å². The molecule has 2 amide bonds. The third kappa shape index (κ3) is 3.90. The van der Waals surface area contributed by atoms with Crippen molar-refractivity contribution in [2.24, 2.45) is 0 Å². The van der Waals surface area contributed by atoms with Gasteiger partial charge in [-0.3, -0.25) is 9.59 Å². The molecule has 20 heavy (non-hydrogen) atoms. The minimum absolute atomic E-state index is 0.00236. The molecule has 0 aliphatic heterocycles. The van der Waals surface area contributed by atoms with Crippen LogP contribution in [0.3, 0.4) is 0 Å². The number of nitrogens with zero attached hydrogens (tertiary/aromatic N) is 2. The molecule has 6 heteroatoms. The average molecular weight is 295 g/mol. The van der Waals surface area contributed by atoms with Crippen LogP contribution in [0, 0.1) is 13.8 Å². The van der Waals surface area contributed by atoms with Gasteiger partial charge in [-0.15, -0.1) is 11.3 Å². The van der Waals surface area contributed by atoms with Gasteiger partial charge in [0.15, 0.2) is 0 Å². The maximum atomic E-state index is 12.0. The van der Waals surface area contributed by atoms with E-state index in [1.54, 1.807) is 18.4 Å². The summed E-state index contributed by atoms with van der Waals surface area (Å²) in [6, 6.07) is 0. The molecule has 1 heterocycles. The average Bonchev–Trinajstić information content (AvgIpc) is 2.68. The molecule has 5 nitrogen and oxygen atoms in total. The standard InChI is InChI=1S/C14H21N3O2S/c1-7-12(19)17(6)8-11(18)16-14(4,5)13-15-9(2)10(3)20-13/h7H,1,8H2,2-6H3,(H,16,18). The highest BCUT2D eigenvalue weighted by Crippen LogP contribution is 2.27. The Labute approximate surface area is 123 Å². The first-order chi connectivity index (χ1) is 9.17. The first-order valence-electron chi connectivity index (χ1n) is 6.30. The van der Waals surface area contributed by atoms with Crippen molar-refractivity contribution in [2.45, 2.75) is 33.2 Å². The van der Waals surface area contributed by atoms with Gasteiger partial charge in [-0.1, -0.05) is 6.58 Å². The lowest BCUT2D eigenvalue weighted by atomic mass is 10.1. The molecule has 0 saturated heterocycles. The van der Waals surface area contributed by atoms with Gasteiger partial charge in [0.25, 0.3) is 0 Å². The second-order valence-corrected chi connectivity index (χ2v) is 6.44. The van der Waals surface area contributed by atoms with E-state index in [4.69, 9.17) is 0 Å². The molecule has 0 saturated carbocycles. The Kier molecular flexibility index (Phi) is 5.05. The fourth-order valence-corrected chi connectivity index (χ4v) is 2.60. The molecule has 0 aromatic carbocycles. The van der Waals surface area contributed by atoms with Gasteiger partial charge in [0, 0.05) is 11.9 Å². The van der Waals surface area contributed by atoms with Crippen LogP contribution in [0.25, 0.3) is 0 Å². The molecule has 1 N–H and O–H groups in total. The second-order valence-electron chi connectivity index (χ2n) is 5.23. The summed E-state index contributed by atoms with van der Waals surface area (Å²) in [5.74, 6) is -0.503. The van der Waals surface area contributed by atoms with Crippen molar-refractivity contribution in [1.29, 1.82) is 0 Å². The van der Waals surface area contributed by atoms with Crippen LogP contribution in [0.5, 0.6) is 0 Å². The normalized spacial score (nSPS) is 11.1. The highest BCUT2D eigenvalue weighted by molar-refractivity contribution is 7.11. The van der Waals surface area contributed by atoms with E-state index in [2.05, 4.69) is 16.9 Å². The summed E-state index contributed by atoms with van der Waals surface area (Å²) in [6.45, 7) is 11.1. The summed E-state index contributed by atoms with van der Waals surface area (Å²) in [7, 11) is 1.56. The maximum Gasteiger partial charge on any atom is 0.246 e. The molecule has 0 aliphatic carbocycles. The van der Waals surface area contributed by atoms with Gasteiger partial charge in [-0.05, 0) is 33.8 Å². The van der Waals surface area contributed by atoms with Crippen LogP contribution < -0.4 is 5.32 Å². The first-order valence-corrected chi connectivity index (χ1v) is 7.12. The third-order valence-electron chi connectivity index (χ3n) is 2.95. The van der Waals surface area contributed by atoms with Crippen molar-refractivity contribution in [3.63, 3.8) is 0 Å². The quantitative estimate of drug-likeness (QED) is 0.842. The van der Waals surface area contributed by atoms with E-state index in [1.165, 1.54) is 11.0 Å². The number of rotatable bonds is 5. The van der Waals surface area contributed by atoms with Crippen molar-refractivity contribution >= 4 is 23.2 Å². The molecule has 110 valence electrons. The fraction of sp³-hybridized carbons (Fsp3) is 0.500. The lowest BCUT2D eigenvalue weighted by molar-refractivity contribution is -0.132. The summed E-state index contributed by atoms with van der Waals surface area (Å²) in [5.41, 5.74) is 0.421. The zero-order valence-corrected chi connectivity index (χ0v) is 13.4. The van der Waals surface area contributed by atoms with Gasteiger partial charge in [-0.25, -0.2) is 4.98 Å². The third-order valence-corrected chi connectivity index (χ3v) is 4.34. The number of nitrogens with one attached hydrogen (secondary N) is 1. The lowest BCUT2D eigenvalue weighted by Gasteiger charge is -2.25. The van der Waals surface area contributed by atoms with Crippen LogP contribution in [-0.4, -0.2) is 35.3 Å². The number of likely N-dealkylation sites (N-methyl/N-ethyl adjacent to an activating group) is 1. The Morgan fingerprint density at radius 3 is 2.50 bits per heavy atom. The van der Waals surface area contributed by atoms with E-state index in [9.17, 15) is 9.59 Å². The van der Waals surface area contributed by atoms with E-state index in [1.807, 2.05) is 27.7 Å². The summed E-state index contributed by atoms with van der Waals surface area (Å²) in [5, 5.41) is 3.76. The lowest BCUT2D eigenvalue weighted by Crippen LogP contribution is -2.46. The van der Waals surface area contributed by atoms with Crippen LogP contribution in [0.2, 0.25) is 0 Å². The van der Waals surface area contributed by atoms with Gasteiger partial charge < -0.3 is 10.2 Å². The molecule has 0 bridgehead atoms. The monoisotopic (exact) mass is 295 g/mol. The topological polar surface area (TPSA) is 62.3 Å². The summed E-state index contributed by atoms with van der Waals surface area (Å²) in [6.07, 6.45) is 1.19. The summed E-state index contributed by atoms with van der Waals surface area (Å²) in [4.78, 5) is 30.3. The number of aromatic nitrogens is 1. The highest BCUT2D eigenvalue weighted by atomic mass is 32.1. The van der Waals surface area contributed by atoms with Gasteiger partial charge in [0.1, 0.15) is 5.01 Å². The molecule has 1 aromatic rings. The fourth-order valence-electron chi connectivity index (χ4n) is 1.63. The Balaban J connectivity index is 2.73. The SMILES string of the molecule is C=CC(=O)N(C)CC(=O)NC(C)(C)c1nc(C)c(C)s1. The van der Waals surface area contributed by atoms with E-state index in [-0.39, 0.29) is 18.4 Å². The maximum absolute atomic E-state index is 12.0. The van der Waals surface area contributed by atoms with Gasteiger partial charge in [-0.2, -0.15) is 0 Å². The summed E-state index contributed by atoms with van der Waals surface area (Å²) >= 11 is 1.57. The smallest absolute Gasteiger partial charge is 0.246 e. The van der Waals surface area contributed by atoms with Crippen LogP contribution >= 0.6 is 11.3 Å². The van der Waals surface area contributed by atoms with Crippen LogP contribution in [0.4, 0.5) is 0 Å². The first kappa shape index (κ1) is 16.4. The van der Waals surface area contributed by atoms with Crippen molar-refractivity contribution in [1.82, 2.24) is 15.2 Å². The van der Waals surface area contributed by atoms with Crippen LogP contribution in [-0.2, 0) is 15.1 Å². The Bertz CT molecular complexity index is 515. The minimum atomic E-state index is -0.557. The largest absolute Gasteiger partial charge is 0.343 e. The minimum Gasteiger partial charge on any atom is -0.343 e. The molecule has 0 spiro atoms. The molecule has 0 atom stereocenters. The van der Waals surface area contributed by atoms with Crippen molar-refractivity contribution in [3.05, 3.63) is 28.2 Å². The molecule has 0 aliphatic rings. The zero-order chi connectivity index (χ0) is 15.5. The number of thiazole rings is 1. The molecule has 0 fully saturated rings. The number of hydrogen-bond acceptors (Lipinski definition) is 4. The Morgan fingerprint density at radius 2 is 2.05 bits per heavy atom. The van der Waals surface area contributed by atoms with Crippen molar-refractivity contribution in [3.8, 4) is 0 Å². The second kappa shape index (κ2) is 6.17. The van der Waals surface area contributed by atoms with E-state index in [0.717, 1.165) is 15.6 Å². The molecular formula is C14H21N3O2S. The highest BCUT2D eigenvalue weighted by Gasteiger charge is 2.27. The Hall–Kier alpha value is -1.69. The van der Waals surface area contributed by atoms with Crippen LogP contribution in [0.1, 0.15) is 29.4 Å². The van der Waals surface area contributed by atoms with E-state index in [0.29, 0.717) is 0 Å². The molecular weight excluding hydrogens is 274 g/mol. The summed E-state index contributed by atoms with van der Waals surface area (Å²) < 4.78 is 0. The van der Waals surface area contributed by atoms with Crippen molar-refractivity contribution in [2.75, 3.05) is 13.6 Å². The van der Waals surface area contributed by atoms with E-state index < -0.39 is 5.54 Å². The predicted molar refractivity (Wildman–Crippen MR) is 80.6 cm³/mol. The number of carbonyl (C=O) groups is 2. The number of aryl methyl sites for hydroxylation is 2. The Morgan fingerprint density at radius 1 is 1.45 bits per heavy atom. The predicted octanol–water partition coefficient (Wildman–Crippen LogP) is 1.76. The zero-order valence-electron chi connectivity index (χ0n) is 12.6. The molecule has 1 aromatic heterocycles. The molecule has 0 unspecified atom stereocenters. The van der Waals surface area contributed by atoms with Gasteiger partial charge in [0.05, 0.1) is 17.8 Å².